The van der Waals surface area contributed by atoms with Crippen LogP contribution in [0.3, 0.4) is 0 Å². The summed E-state index contributed by atoms with van der Waals surface area (Å²) in [5.74, 6) is 0.823. The number of hydrogen-bond acceptors (Lipinski definition) is 5. The molecule has 3 aromatic rings. The van der Waals surface area contributed by atoms with Gasteiger partial charge in [-0.05, 0) is 37.5 Å². The topological polar surface area (TPSA) is 77.9 Å². The molecule has 2 N–H and O–H groups in total. The molecule has 7 heteroatoms. The van der Waals surface area contributed by atoms with Crippen LogP contribution in [0.5, 0.6) is 0 Å². The van der Waals surface area contributed by atoms with Crippen molar-refractivity contribution in [2.75, 3.05) is 36.3 Å². The molecule has 1 heterocycles. The average Bonchev–Trinajstić information content (AvgIpc) is 2.80. The highest BCUT2D eigenvalue weighted by atomic mass is 16.5. The number of amides is 1. The Balaban J connectivity index is 1.54. The summed E-state index contributed by atoms with van der Waals surface area (Å²) >= 11 is 0. The van der Waals surface area contributed by atoms with Crippen molar-refractivity contribution in [3.8, 4) is 0 Å². The predicted octanol–water partition coefficient (Wildman–Crippen LogP) is 4.83. The minimum atomic E-state index is -0.957. The molecular formula is C25H30N4O3. The van der Waals surface area contributed by atoms with Gasteiger partial charge in [-0.25, -0.2) is 9.78 Å². The van der Waals surface area contributed by atoms with Crippen LogP contribution in [-0.2, 0) is 4.74 Å². The molecule has 1 unspecified atom stereocenters. The van der Waals surface area contributed by atoms with Gasteiger partial charge in [0.05, 0.1) is 17.7 Å². The van der Waals surface area contributed by atoms with Gasteiger partial charge in [0.1, 0.15) is 5.82 Å². The van der Waals surface area contributed by atoms with Gasteiger partial charge in [0.2, 0.25) is 0 Å². The van der Waals surface area contributed by atoms with E-state index in [4.69, 9.17) is 9.72 Å². The number of anilines is 3. The maximum atomic E-state index is 12.1. The monoisotopic (exact) mass is 434 g/mol. The first kappa shape index (κ1) is 21.9. The molecule has 1 amide bonds. The lowest BCUT2D eigenvalue weighted by molar-refractivity contribution is 0.0474. The zero-order valence-electron chi connectivity index (χ0n) is 18.7. The van der Waals surface area contributed by atoms with Gasteiger partial charge in [0.25, 0.3) is 0 Å². The molecule has 168 valence electrons. The number of pyridine rings is 1. The highest BCUT2D eigenvalue weighted by molar-refractivity contribution is 5.93. The van der Waals surface area contributed by atoms with Crippen LogP contribution in [0.15, 0.2) is 60.7 Å². The minimum Gasteiger partial charge on any atom is -0.465 e. The van der Waals surface area contributed by atoms with E-state index >= 15 is 0 Å². The van der Waals surface area contributed by atoms with Gasteiger partial charge in [-0.1, -0.05) is 36.4 Å². The molecule has 2 aromatic carbocycles. The molecule has 0 aliphatic heterocycles. The van der Waals surface area contributed by atoms with Crippen LogP contribution < -0.4 is 15.1 Å². The largest absolute Gasteiger partial charge is 0.465 e. The van der Waals surface area contributed by atoms with Crippen molar-refractivity contribution < 1.29 is 14.6 Å². The van der Waals surface area contributed by atoms with Crippen LogP contribution >= 0.6 is 0 Å². The zero-order chi connectivity index (χ0) is 22.7. The zero-order valence-corrected chi connectivity index (χ0v) is 18.7. The number of ether oxygens (including phenoxy) is 1. The van der Waals surface area contributed by atoms with Crippen molar-refractivity contribution in [1.29, 1.82) is 0 Å². The molecule has 0 bridgehead atoms. The van der Waals surface area contributed by atoms with Crippen molar-refractivity contribution in [2.24, 2.45) is 0 Å². The van der Waals surface area contributed by atoms with Gasteiger partial charge < -0.3 is 20.1 Å². The summed E-state index contributed by atoms with van der Waals surface area (Å²) in [6, 6.07) is 19.4. The SMILES string of the molecule is CO[C@H]1CC(Nc2cc(N(C)C)c3ccccc3n2)CC[C@H]1N(C(=O)O)c1ccccc1. The molecular weight excluding hydrogens is 404 g/mol. The number of hydrogen-bond donors (Lipinski definition) is 2. The van der Waals surface area contributed by atoms with Crippen LogP contribution in [0, 0.1) is 0 Å². The number of aromatic nitrogens is 1. The first-order valence-electron chi connectivity index (χ1n) is 10.9. The molecule has 1 aliphatic carbocycles. The normalized spacial score (nSPS) is 20.7. The van der Waals surface area contributed by atoms with E-state index < -0.39 is 6.09 Å². The molecule has 1 aromatic heterocycles. The number of carboxylic acid groups (broad SMARTS) is 1. The standard InChI is InChI=1S/C25H30N4O3/c1-28(2)22-16-24(27-20-12-8-7-11-19(20)22)26-17-13-14-21(23(15-17)32-3)29(25(30)31)18-9-5-4-6-10-18/h4-12,16-17,21,23H,13-15H2,1-3H3,(H,26,27)(H,30,31)/t17?,21-,23+/m1/s1. The number of benzene rings is 2. The van der Waals surface area contributed by atoms with E-state index in [1.54, 1.807) is 7.11 Å². The first-order valence-corrected chi connectivity index (χ1v) is 10.9. The van der Waals surface area contributed by atoms with Crippen molar-refractivity contribution in [2.45, 2.75) is 37.5 Å². The summed E-state index contributed by atoms with van der Waals surface area (Å²) in [6.45, 7) is 0. The highest BCUT2D eigenvalue weighted by Gasteiger charge is 2.37. The third-order valence-electron chi connectivity index (χ3n) is 6.16. The molecule has 3 atom stereocenters. The second-order valence-corrected chi connectivity index (χ2v) is 8.42. The van der Waals surface area contributed by atoms with Crippen molar-refractivity contribution in [3.05, 3.63) is 60.7 Å². The summed E-state index contributed by atoms with van der Waals surface area (Å²) in [4.78, 5) is 20.4. The molecule has 0 radical (unpaired) electrons. The maximum absolute atomic E-state index is 12.1. The number of carbonyl (C=O) groups is 1. The molecule has 4 rings (SSSR count). The second kappa shape index (κ2) is 9.44. The highest BCUT2D eigenvalue weighted by Crippen LogP contribution is 2.32. The molecule has 32 heavy (non-hydrogen) atoms. The van der Waals surface area contributed by atoms with Crippen LogP contribution in [0.25, 0.3) is 10.9 Å². The lowest BCUT2D eigenvalue weighted by Crippen LogP contribution is -2.52. The minimum absolute atomic E-state index is 0.145. The van der Waals surface area contributed by atoms with E-state index in [0.717, 1.165) is 28.8 Å². The van der Waals surface area contributed by atoms with Gasteiger partial charge in [-0.2, -0.15) is 0 Å². The Labute approximate surface area is 188 Å². The van der Waals surface area contributed by atoms with Gasteiger partial charge >= 0.3 is 6.09 Å². The van der Waals surface area contributed by atoms with Gasteiger partial charge in [0.15, 0.2) is 0 Å². The molecule has 1 aliphatic rings. The van der Waals surface area contributed by atoms with E-state index in [-0.39, 0.29) is 18.2 Å². The number of fused-ring (bicyclic) bond motifs is 1. The van der Waals surface area contributed by atoms with Crippen LogP contribution in [-0.4, -0.2) is 55.6 Å². The quantitative estimate of drug-likeness (QED) is 0.578. The van der Waals surface area contributed by atoms with Gasteiger partial charge in [-0.15, -0.1) is 0 Å². The summed E-state index contributed by atoms with van der Waals surface area (Å²) in [7, 11) is 5.72. The number of nitrogens with one attached hydrogen (secondary N) is 1. The Hall–Kier alpha value is -3.32. The Morgan fingerprint density at radius 2 is 1.81 bits per heavy atom. The molecule has 0 spiro atoms. The van der Waals surface area contributed by atoms with Crippen LogP contribution in [0.4, 0.5) is 22.0 Å². The lowest BCUT2D eigenvalue weighted by atomic mass is 9.87. The third-order valence-corrected chi connectivity index (χ3v) is 6.16. The smallest absolute Gasteiger partial charge is 0.412 e. The second-order valence-electron chi connectivity index (χ2n) is 8.42. The van der Waals surface area contributed by atoms with Crippen molar-refractivity contribution in [1.82, 2.24) is 4.98 Å². The summed E-state index contributed by atoms with van der Waals surface area (Å²) in [5.41, 5.74) is 2.72. The fourth-order valence-electron chi connectivity index (χ4n) is 4.64. The van der Waals surface area contributed by atoms with E-state index in [0.29, 0.717) is 18.5 Å². The van der Waals surface area contributed by atoms with E-state index in [2.05, 4.69) is 22.3 Å². The third kappa shape index (κ3) is 4.48. The van der Waals surface area contributed by atoms with Crippen molar-refractivity contribution >= 4 is 34.2 Å². The number of para-hydroxylation sites is 2. The van der Waals surface area contributed by atoms with E-state index in [9.17, 15) is 9.90 Å². The van der Waals surface area contributed by atoms with Crippen molar-refractivity contribution in [3.63, 3.8) is 0 Å². The Morgan fingerprint density at radius 3 is 2.50 bits per heavy atom. The van der Waals surface area contributed by atoms with Crippen LogP contribution in [0.1, 0.15) is 19.3 Å². The van der Waals surface area contributed by atoms with Gasteiger partial charge in [-0.3, -0.25) is 4.90 Å². The lowest BCUT2D eigenvalue weighted by Gasteiger charge is -2.40. The summed E-state index contributed by atoms with van der Waals surface area (Å²) in [6.07, 6.45) is 1.05. The fourth-order valence-corrected chi connectivity index (χ4v) is 4.64. The van der Waals surface area contributed by atoms with E-state index in [1.165, 1.54) is 4.90 Å². The number of methoxy groups -OCH3 is 1. The number of rotatable bonds is 6. The van der Waals surface area contributed by atoms with Crippen LogP contribution in [0.2, 0.25) is 0 Å². The first-order chi connectivity index (χ1) is 15.5. The predicted molar refractivity (Wildman–Crippen MR) is 129 cm³/mol. The molecule has 1 saturated carbocycles. The average molecular weight is 435 g/mol. The molecule has 1 fully saturated rings. The summed E-state index contributed by atoms with van der Waals surface area (Å²) < 4.78 is 5.78. The molecule has 0 saturated heterocycles. The van der Waals surface area contributed by atoms with Gasteiger partial charge in [0, 0.05) is 50.1 Å². The Bertz CT molecular complexity index is 1070. The molecule has 7 nitrogen and oxygen atoms in total. The number of nitrogens with zero attached hydrogens (tertiary/aromatic N) is 3. The Kier molecular flexibility index (Phi) is 6.46. The maximum Gasteiger partial charge on any atom is 0.412 e. The fraction of sp³-hybridized carbons (Fsp3) is 0.360. The Morgan fingerprint density at radius 1 is 1.09 bits per heavy atom. The summed E-state index contributed by atoms with van der Waals surface area (Å²) in [5, 5.41) is 14.6. The van der Waals surface area contributed by atoms with E-state index in [1.807, 2.05) is 62.6 Å².